The largest absolute Gasteiger partial charge is 0.350 e. The lowest BCUT2D eigenvalue weighted by Gasteiger charge is -2.30. The monoisotopic (exact) mass is 361 g/mol. The van der Waals surface area contributed by atoms with Crippen LogP contribution in [-0.4, -0.2) is 30.4 Å². The molecule has 25 heavy (non-hydrogen) atoms. The van der Waals surface area contributed by atoms with Crippen LogP contribution >= 0.6 is 12.4 Å². The van der Waals surface area contributed by atoms with Gasteiger partial charge in [0.05, 0.1) is 6.04 Å². The van der Waals surface area contributed by atoms with Gasteiger partial charge in [-0.25, -0.2) is 0 Å². The Labute approximate surface area is 156 Å². The third-order valence-corrected chi connectivity index (χ3v) is 4.35. The molecular formula is C20H28ClN3O. The molecule has 0 aromatic heterocycles. The lowest BCUT2D eigenvalue weighted by atomic mass is 10.0. The van der Waals surface area contributed by atoms with Gasteiger partial charge >= 0.3 is 0 Å². The molecule has 1 atom stereocenters. The van der Waals surface area contributed by atoms with Crippen LogP contribution in [0.5, 0.6) is 0 Å². The van der Waals surface area contributed by atoms with Crippen LogP contribution < -0.4 is 11.1 Å². The number of nitrogens with one attached hydrogen (secondary N) is 1. The molecule has 2 aromatic carbocycles. The summed E-state index contributed by atoms with van der Waals surface area (Å²) in [5, 5.41) is 3.07. The highest BCUT2D eigenvalue weighted by atomic mass is 35.5. The molecule has 1 amide bonds. The van der Waals surface area contributed by atoms with E-state index in [0.717, 1.165) is 18.7 Å². The van der Waals surface area contributed by atoms with Crippen molar-refractivity contribution in [1.82, 2.24) is 10.2 Å². The molecule has 0 radical (unpaired) electrons. The molecule has 0 fully saturated rings. The number of benzene rings is 2. The van der Waals surface area contributed by atoms with Crippen molar-refractivity contribution >= 4 is 18.3 Å². The number of hydrogen-bond acceptors (Lipinski definition) is 3. The lowest BCUT2D eigenvalue weighted by Crippen LogP contribution is -2.38. The van der Waals surface area contributed by atoms with Gasteiger partial charge in [0.2, 0.25) is 0 Å². The first-order valence-corrected chi connectivity index (χ1v) is 8.55. The zero-order valence-electron chi connectivity index (χ0n) is 14.9. The fourth-order valence-corrected chi connectivity index (χ4v) is 2.88. The molecular weight excluding hydrogens is 334 g/mol. The highest BCUT2D eigenvalue weighted by Gasteiger charge is 2.18. The predicted molar refractivity (Wildman–Crippen MR) is 106 cm³/mol. The van der Waals surface area contributed by atoms with Crippen LogP contribution in [0.3, 0.4) is 0 Å². The van der Waals surface area contributed by atoms with Crippen molar-refractivity contribution in [3.63, 3.8) is 0 Å². The normalized spacial score (nSPS) is 11.7. The average Bonchev–Trinajstić information content (AvgIpc) is 2.65. The number of amides is 1. The van der Waals surface area contributed by atoms with E-state index in [4.69, 9.17) is 5.73 Å². The number of hydrogen-bond donors (Lipinski definition) is 2. The van der Waals surface area contributed by atoms with Crippen molar-refractivity contribution in [3.8, 4) is 0 Å². The summed E-state index contributed by atoms with van der Waals surface area (Å²) in [7, 11) is 0. The SMILES string of the molecule is CCN(CC)C(CNC(=O)c1ccc(CN)cc1)c1ccccc1.Cl. The third kappa shape index (κ3) is 5.85. The van der Waals surface area contributed by atoms with Crippen molar-refractivity contribution in [2.45, 2.75) is 26.4 Å². The van der Waals surface area contributed by atoms with Gasteiger partial charge in [0.1, 0.15) is 0 Å². The Morgan fingerprint density at radius 3 is 2.16 bits per heavy atom. The molecule has 0 aliphatic carbocycles. The van der Waals surface area contributed by atoms with Gasteiger partial charge in [-0.1, -0.05) is 56.3 Å². The van der Waals surface area contributed by atoms with Crippen LogP contribution in [0.2, 0.25) is 0 Å². The fraction of sp³-hybridized carbons (Fsp3) is 0.350. The fourth-order valence-electron chi connectivity index (χ4n) is 2.88. The summed E-state index contributed by atoms with van der Waals surface area (Å²) in [4.78, 5) is 14.8. The van der Waals surface area contributed by atoms with Crippen LogP contribution in [0.4, 0.5) is 0 Å². The Morgan fingerprint density at radius 2 is 1.64 bits per heavy atom. The summed E-state index contributed by atoms with van der Waals surface area (Å²) in [6, 6.07) is 17.9. The van der Waals surface area contributed by atoms with Crippen LogP contribution in [0.1, 0.15) is 41.4 Å². The number of nitrogens with zero attached hydrogens (tertiary/aromatic N) is 1. The second-order valence-electron chi connectivity index (χ2n) is 5.76. The highest BCUT2D eigenvalue weighted by Crippen LogP contribution is 2.19. The van der Waals surface area contributed by atoms with Crippen LogP contribution in [0.25, 0.3) is 0 Å². The minimum Gasteiger partial charge on any atom is -0.350 e. The zero-order chi connectivity index (χ0) is 17.4. The Balaban J connectivity index is 0.00000312. The van der Waals surface area contributed by atoms with Crippen LogP contribution in [-0.2, 0) is 6.54 Å². The summed E-state index contributed by atoms with van der Waals surface area (Å²) < 4.78 is 0. The van der Waals surface area contributed by atoms with Gasteiger partial charge < -0.3 is 11.1 Å². The van der Waals surface area contributed by atoms with E-state index < -0.39 is 0 Å². The maximum absolute atomic E-state index is 12.4. The van der Waals surface area contributed by atoms with E-state index in [0.29, 0.717) is 18.7 Å². The average molecular weight is 362 g/mol. The predicted octanol–water partition coefficient (Wildman–Crippen LogP) is 3.38. The summed E-state index contributed by atoms with van der Waals surface area (Å²) in [6.07, 6.45) is 0. The van der Waals surface area contributed by atoms with Gasteiger partial charge in [0.15, 0.2) is 0 Å². The first kappa shape index (κ1) is 21.2. The zero-order valence-corrected chi connectivity index (χ0v) is 15.8. The molecule has 3 N–H and O–H groups in total. The molecule has 1 unspecified atom stereocenters. The molecule has 0 saturated heterocycles. The quantitative estimate of drug-likeness (QED) is 0.757. The van der Waals surface area contributed by atoms with E-state index >= 15 is 0 Å². The molecule has 0 spiro atoms. The third-order valence-electron chi connectivity index (χ3n) is 4.35. The Kier molecular flexibility index (Phi) is 9.21. The number of likely N-dealkylation sites (N-methyl/N-ethyl adjacent to an activating group) is 1. The van der Waals surface area contributed by atoms with Crippen molar-refractivity contribution in [2.75, 3.05) is 19.6 Å². The minimum absolute atomic E-state index is 0. The maximum atomic E-state index is 12.4. The van der Waals surface area contributed by atoms with Crippen molar-refractivity contribution in [3.05, 3.63) is 71.3 Å². The smallest absolute Gasteiger partial charge is 0.251 e. The molecule has 0 bridgehead atoms. The van der Waals surface area contributed by atoms with E-state index in [1.165, 1.54) is 5.56 Å². The molecule has 0 saturated carbocycles. The molecule has 136 valence electrons. The molecule has 0 aliphatic heterocycles. The number of carbonyl (C=O) groups excluding carboxylic acids is 1. The molecule has 5 heteroatoms. The van der Waals surface area contributed by atoms with Gasteiger partial charge in [-0.15, -0.1) is 12.4 Å². The molecule has 2 aromatic rings. The second kappa shape index (κ2) is 10.9. The highest BCUT2D eigenvalue weighted by molar-refractivity contribution is 5.94. The van der Waals surface area contributed by atoms with Gasteiger partial charge in [-0.05, 0) is 36.3 Å². The van der Waals surface area contributed by atoms with E-state index in [9.17, 15) is 4.79 Å². The standard InChI is InChI=1S/C20H27N3O.ClH/c1-3-23(4-2)19(17-8-6-5-7-9-17)15-22-20(24)18-12-10-16(14-21)11-13-18;/h5-13,19H,3-4,14-15,21H2,1-2H3,(H,22,24);1H. The maximum Gasteiger partial charge on any atom is 0.251 e. The minimum atomic E-state index is -0.0494. The Morgan fingerprint density at radius 1 is 1.04 bits per heavy atom. The molecule has 0 heterocycles. The molecule has 4 nitrogen and oxygen atoms in total. The van der Waals surface area contributed by atoms with Crippen molar-refractivity contribution < 1.29 is 4.79 Å². The van der Waals surface area contributed by atoms with E-state index in [2.05, 4.69) is 36.2 Å². The summed E-state index contributed by atoms with van der Waals surface area (Å²) in [5.74, 6) is -0.0494. The number of carbonyl (C=O) groups is 1. The lowest BCUT2D eigenvalue weighted by molar-refractivity contribution is 0.0935. The first-order chi connectivity index (χ1) is 11.7. The topological polar surface area (TPSA) is 58.4 Å². The summed E-state index contributed by atoms with van der Waals surface area (Å²) in [6.45, 7) is 7.25. The van der Waals surface area contributed by atoms with Crippen molar-refractivity contribution in [2.24, 2.45) is 5.73 Å². The molecule has 0 aliphatic rings. The summed E-state index contributed by atoms with van der Waals surface area (Å²) >= 11 is 0. The Bertz CT molecular complexity index is 627. The first-order valence-electron chi connectivity index (χ1n) is 8.55. The van der Waals surface area contributed by atoms with Gasteiger partial charge in [-0.2, -0.15) is 0 Å². The van der Waals surface area contributed by atoms with Crippen LogP contribution in [0.15, 0.2) is 54.6 Å². The van der Waals surface area contributed by atoms with Gasteiger partial charge in [0, 0.05) is 18.7 Å². The van der Waals surface area contributed by atoms with Crippen molar-refractivity contribution in [1.29, 1.82) is 0 Å². The number of halogens is 1. The van der Waals surface area contributed by atoms with Gasteiger partial charge in [0.25, 0.3) is 5.91 Å². The number of nitrogens with two attached hydrogens (primary N) is 1. The van der Waals surface area contributed by atoms with Crippen LogP contribution in [0, 0.1) is 0 Å². The van der Waals surface area contributed by atoms with E-state index in [-0.39, 0.29) is 24.4 Å². The summed E-state index contributed by atoms with van der Waals surface area (Å²) in [5.41, 5.74) is 8.51. The Hall–Kier alpha value is -1.88. The van der Waals surface area contributed by atoms with E-state index in [1.54, 1.807) is 0 Å². The van der Waals surface area contributed by atoms with E-state index in [1.807, 2.05) is 42.5 Å². The number of rotatable bonds is 8. The molecule has 2 rings (SSSR count). The van der Waals surface area contributed by atoms with Gasteiger partial charge in [-0.3, -0.25) is 9.69 Å². The second-order valence-corrected chi connectivity index (χ2v) is 5.76.